The number of carboxylic acids is 1. The molecule has 0 spiro atoms. The number of aliphatic carboxylic acids is 1. The van der Waals surface area contributed by atoms with Gasteiger partial charge >= 0.3 is 5.97 Å². The highest BCUT2D eigenvalue weighted by atomic mass is 16.4. The van der Waals surface area contributed by atoms with Crippen LogP contribution in [-0.4, -0.2) is 84.4 Å². The van der Waals surface area contributed by atoms with E-state index in [4.69, 9.17) is 0 Å². The Morgan fingerprint density at radius 2 is 1.78 bits per heavy atom. The molecule has 2 amide bonds. The van der Waals surface area contributed by atoms with Gasteiger partial charge in [0, 0.05) is 32.8 Å². The van der Waals surface area contributed by atoms with Crippen LogP contribution in [0.2, 0.25) is 0 Å². The second-order valence-electron chi connectivity index (χ2n) is 6.58. The molecule has 1 saturated heterocycles. The summed E-state index contributed by atoms with van der Waals surface area (Å²) in [5.41, 5.74) is 0. The molecule has 1 aliphatic heterocycles. The number of carboxylic acid groups (broad SMARTS) is 1. The second-order valence-corrected chi connectivity index (χ2v) is 6.58. The molecular formula is C16H27N3O4. The van der Waals surface area contributed by atoms with Crippen LogP contribution in [0.4, 0.5) is 0 Å². The first-order valence-corrected chi connectivity index (χ1v) is 7.74. The third kappa shape index (κ3) is 5.06. The summed E-state index contributed by atoms with van der Waals surface area (Å²) in [7, 11) is 5.34. The molecule has 1 N–H and O–H groups in total. The summed E-state index contributed by atoms with van der Waals surface area (Å²) in [4.78, 5) is 40.4. The molecule has 1 fully saturated rings. The Hall–Kier alpha value is -1.89. The van der Waals surface area contributed by atoms with E-state index in [1.165, 1.54) is 18.0 Å². The molecule has 1 unspecified atom stereocenters. The first kappa shape index (κ1) is 19.2. The lowest BCUT2D eigenvalue weighted by Gasteiger charge is -2.41. The minimum atomic E-state index is -1.00. The van der Waals surface area contributed by atoms with Gasteiger partial charge in [-0.05, 0) is 20.0 Å². The average molecular weight is 325 g/mol. The summed E-state index contributed by atoms with van der Waals surface area (Å²) in [6, 6.07) is -0.841. The maximum atomic E-state index is 12.3. The van der Waals surface area contributed by atoms with E-state index in [1.54, 1.807) is 24.8 Å². The van der Waals surface area contributed by atoms with E-state index in [0.717, 1.165) is 0 Å². The SMILES string of the molecule is CC(C)C(C(=O)O)N(C)C(=O)C1CN(C(=O)/C=C/CN(C)C)C1. The highest BCUT2D eigenvalue weighted by Gasteiger charge is 2.40. The van der Waals surface area contributed by atoms with Gasteiger partial charge in [-0.1, -0.05) is 19.9 Å². The Morgan fingerprint density at radius 1 is 1.22 bits per heavy atom. The Bertz CT molecular complexity index is 482. The summed E-state index contributed by atoms with van der Waals surface area (Å²) < 4.78 is 0. The van der Waals surface area contributed by atoms with E-state index in [2.05, 4.69) is 0 Å². The van der Waals surface area contributed by atoms with Crippen molar-refractivity contribution in [3.05, 3.63) is 12.2 Å². The van der Waals surface area contributed by atoms with Crippen molar-refractivity contribution in [1.82, 2.24) is 14.7 Å². The lowest BCUT2D eigenvalue weighted by atomic mass is 9.95. The fourth-order valence-corrected chi connectivity index (χ4v) is 2.61. The van der Waals surface area contributed by atoms with Crippen molar-refractivity contribution >= 4 is 17.8 Å². The van der Waals surface area contributed by atoms with Crippen molar-refractivity contribution in [1.29, 1.82) is 0 Å². The van der Waals surface area contributed by atoms with Gasteiger partial charge in [0.1, 0.15) is 6.04 Å². The number of likely N-dealkylation sites (N-methyl/N-ethyl adjacent to an activating group) is 2. The Balaban J connectivity index is 2.52. The zero-order valence-corrected chi connectivity index (χ0v) is 14.5. The molecule has 0 radical (unpaired) electrons. The van der Waals surface area contributed by atoms with E-state index >= 15 is 0 Å². The zero-order valence-electron chi connectivity index (χ0n) is 14.5. The van der Waals surface area contributed by atoms with Gasteiger partial charge in [0.05, 0.1) is 5.92 Å². The van der Waals surface area contributed by atoms with Gasteiger partial charge in [-0.15, -0.1) is 0 Å². The molecule has 0 bridgehead atoms. The summed E-state index contributed by atoms with van der Waals surface area (Å²) >= 11 is 0. The molecule has 0 aliphatic carbocycles. The van der Waals surface area contributed by atoms with Crippen molar-refractivity contribution < 1.29 is 19.5 Å². The van der Waals surface area contributed by atoms with Crippen LogP contribution in [0.5, 0.6) is 0 Å². The van der Waals surface area contributed by atoms with Crippen molar-refractivity contribution in [3.8, 4) is 0 Å². The molecule has 7 heteroatoms. The third-order valence-corrected chi connectivity index (χ3v) is 3.92. The lowest BCUT2D eigenvalue weighted by molar-refractivity contribution is -0.156. The fourth-order valence-electron chi connectivity index (χ4n) is 2.61. The maximum Gasteiger partial charge on any atom is 0.326 e. The lowest BCUT2D eigenvalue weighted by Crippen LogP contribution is -2.58. The number of likely N-dealkylation sites (tertiary alicyclic amines) is 1. The first-order chi connectivity index (χ1) is 10.6. The average Bonchev–Trinajstić information content (AvgIpc) is 2.35. The molecule has 130 valence electrons. The van der Waals surface area contributed by atoms with E-state index in [-0.39, 0.29) is 23.7 Å². The molecule has 23 heavy (non-hydrogen) atoms. The largest absolute Gasteiger partial charge is 0.480 e. The van der Waals surface area contributed by atoms with Crippen molar-refractivity contribution in [2.24, 2.45) is 11.8 Å². The van der Waals surface area contributed by atoms with E-state index in [9.17, 15) is 19.5 Å². The van der Waals surface area contributed by atoms with Crippen LogP contribution >= 0.6 is 0 Å². The van der Waals surface area contributed by atoms with Crippen LogP contribution in [0.3, 0.4) is 0 Å². The number of amides is 2. The predicted molar refractivity (Wildman–Crippen MR) is 86.8 cm³/mol. The Labute approximate surface area is 137 Å². The predicted octanol–water partition coefficient (Wildman–Crippen LogP) is 0.130. The molecule has 7 nitrogen and oxygen atoms in total. The van der Waals surface area contributed by atoms with Gasteiger partial charge in [-0.3, -0.25) is 9.59 Å². The molecule has 1 aliphatic rings. The number of nitrogens with zero attached hydrogens (tertiary/aromatic N) is 3. The number of hydrogen-bond acceptors (Lipinski definition) is 4. The molecule has 0 aromatic carbocycles. The molecule has 1 rings (SSSR count). The fraction of sp³-hybridized carbons (Fsp3) is 0.688. The van der Waals surface area contributed by atoms with Crippen LogP contribution in [0.1, 0.15) is 13.8 Å². The van der Waals surface area contributed by atoms with E-state index in [0.29, 0.717) is 19.6 Å². The smallest absolute Gasteiger partial charge is 0.326 e. The number of hydrogen-bond donors (Lipinski definition) is 1. The van der Waals surface area contributed by atoms with Gasteiger partial charge in [-0.2, -0.15) is 0 Å². The van der Waals surface area contributed by atoms with Crippen LogP contribution in [0.15, 0.2) is 12.2 Å². The monoisotopic (exact) mass is 325 g/mol. The molecule has 0 saturated carbocycles. The quantitative estimate of drug-likeness (QED) is 0.673. The maximum absolute atomic E-state index is 12.3. The zero-order chi connectivity index (χ0) is 17.7. The number of carbonyl (C=O) groups excluding carboxylic acids is 2. The van der Waals surface area contributed by atoms with E-state index < -0.39 is 12.0 Å². The van der Waals surface area contributed by atoms with E-state index in [1.807, 2.05) is 19.0 Å². The van der Waals surface area contributed by atoms with Crippen LogP contribution in [0.25, 0.3) is 0 Å². The van der Waals surface area contributed by atoms with Crippen LogP contribution in [0, 0.1) is 11.8 Å². The van der Waals surface area contributed by atoms with Gasteiger partial charge in [-0.25, -0.2) is 4.79 Å². The highest BCUT2D eigenvalue weighted by Crippen LogP contribution is 2.21. The molecule has 1 atom stereocenters. The second kappa shape index (κ2) is 8.10. The van der Waals surface area contributed by atoms with Gasteiger partial charge < -0.3 is 19.8 Å². The Kier molecular flexibility index (Phi) is 6.75. The van der Waals surface area contributed by atoms with Crippen molar-refractivity contribution in [2.45, 2.75) is 19.9 Å². The van der Waals surface area contributed by atoms with Crippen molar-refractivity contribution in [2.75, 3.05) is 40.8 Å². The normalized spacial score (nSPS) is 16.7. The molecular weight excluding hydrogens is 298 g/mol. The van der Waals surface area contributed by atoms with Gasteiger partial charge in [0.15, 0.2) is 0 Å². The summed E-state index contributed by atoms with van der Waals surface area (Å²) in [5.74, 6) is -1.82. The summed E-state index contributed by atoms with van der Waals surface area (Å²) in [6.45, 7) is 4.92. The Morgan fingerprint density at radius 3 is 2.22 bits per heavy atom. The van der Waals surface area contributed by atoms with Crippen molar-refractivity contribution in [3.63, 3.8) is 0 Å². The molecule has 0 aromatic rings. The third-order valence-electron chi connectivity index (χ3n) is 3.92. The van der Waals surface area contributed by atoms with Gasteiger partial charge in [0.2, 0.25) is 11.8 Å². The number of rotatable bonds is 7. The number of carbonyl (C=O) groups is 3. The van der Waals surface area contributed by atoms with Gasteiger partial charge in [0.25, 0.3) is 0 Å². The minimum absolute atomic E-state index is 0.114. The molecule has 0 aromatic heterocycles. The molecule has 1 heterocycles. The van der Waals surface area contributed by atoms with Crippen LogP contribution in [-0.2, 0) is 14.4 Å². The topological polar surface area (TPSA) is 81.2 Å². The first-order valence-electron chi connectivity index (χ1n) is 7.74. The summed E-state index contributed by atoms with van der Waals surface area (Å²) in [6.07, 6.45) is 3.29. The summed E-state index contributed by atoms with van der Waals surface area (Å²) in [5, 5.41) is 9.25. The van der Waals surface area contributed by atoms with Crippen LogP contribution < -0.4 is 0 Å². The standard InChI is InChI=1S/C16H27N3O4/c1-11(2)14(16(22)23)18(5)15(21)12-9-19(10-12)13(20)7-6-8-17(3)4/h6-7,11-12,14H,8-10H2,1-5H3,(H,22,23)/b7-6+. The highest BCUT2D eigenvalue weighted by molar-refractivity contribution is 5.91. The minimum Gasteiger partial charge on any atom is -0.480 e.